The van der Waals surface area contributed by atoms with Crippen molar-refractivity contribution in [2.24, 2.45) is 0 Å². The van der Waals surface area contributed by atoms with Crippen molar-refractivity contribution in [2.45, 2.75) is 37.7 Å². The average molecular weight is 399 g/mol. The molecule has 29 heavy (non-hydrogen) atoms. The van der Waals surface area contributed by atoms with Gasteiger partial charge in [0.05, 0.1) is 13.2 Å². The van der Waals surface area contributed by atoms with Crippen LogP contribution in [0, 0.1) is 0 Å². The van der Waals surface area contributed by atoms with E-state index >= 15 is 0 Å². The van der Waals surface area contributed by atoms with Crippen molar-refractivity contribution in [3.05, 3.63) is 48.3 Å². The van der Waals surface area contributed by atoms with Gasteiger partial charge >= 0.3 is 6.09 Å². The van der Waals surface area contributed by atoms with Gasteiger partial charge in [-0.2, -0.15) is 0 Å². The first kappa shape index (κ1) is 19.2. The Morgan fingerprint density at radius 2 is 2.03 bits per heavy atom. The summed E-state index contributed by atoms with van der Waals surface area (Å²) in [5.41, 5.74) is 1.10. The quantitative estimate of drug-likeness (QED) is 0.574. The number of benzene rings is 1. The lowest BCUT2D eigenvalue weighted by molar-refractivity contribution is 0.00765. The number of ether oxygens (including phenoxy) is 3. The van der Waals surface area contributed by atoms with E-state index in [9.17, 15) is 9.59 Å². The summed E-state index contributed by atoms with van der Waals surface area (Å²) in [7, 11) is 0. The highest BCUT2D eigenvalue weighted by molar-refractivity contribution is 5.94. The smallest absolute Gasteiger partial charge is 0.412 e. The van der Waals surface area contributed by atoms with Gasteiger partial charge in [-0.3, -0.25) is 10.1 Å². The fraction of sp³-hybridized carbons (Fsp3) is 0.421. The highest BCUT2D eigenvalue weighted by atomic mass is 16.6. The number of amides is 1. The molecule has 2 aromatic rings. The number of nitrogens with one attached hydrogen (secondary N) is 1. The van der Waals surface area contributed by atoms with Crippen LogP contribution >= 0.6 is 0 Å². The van der Waals surface area contributed by atoms with Crippen molar-refractivity contribution in [1.29, 1.82) is 0 Å². The van der Waals surface area contributed by atoms with E-state index in [1.165, 1.54) is 6.92 Å². The molecule has 0 bridgehead atoms. The van der Waals surface area contributed by atoms with Crippen LogP contribution in [0.4, 0.5) is 10.5 Å². The number of carbonyl (C=O) groups excluding carboxylic acids is 2. The van der Waals surface area contributed by atoms with Gasteiger partial charge in [0.1, 0.15) is 18.2 Å². The van der Waals surface area contributed by atoms with E-state index in [1.807, 2.05) is 0 Å². The van der Waals surface area contributed by atoms with Crippen LogP contribution in [0.25, 0.3) is 0 Å². The molecule has 1 N–H and O–H groups in total. The maximum atomic E-state index is 12.3. The van der Waals surface area contributed by atoms with Crippen LogP contribution in [-0.2, 0) is 20.6 Å². The van der Waals surface area contributed by atoms with Gasteiger partial charge in [-0.05, 0) is 41.6 Å². The molecule has 4 atom stereocenters. The fourth-order valence-corrected chi connectivity index (χ4v) is 3.56. The summed E-state index contributed by atoms with van der Waals surface area (Å²) >= 11 is 0. The van der Waals surface area contributed by atoms with Crippen LogP contribution < -0.4 is 5.32 Å². The lowest BCUT2D eigenvalue weighted by atomic mass is 10.1. The molecule has 4 rings (SSSR count). The normalized spacial score (nSPS) is 25.4. The number of aromatic nitrogens is 4. The first-order valence-electron chi connectivity index (χ1n) is 9.26. The standard InChI is InChI=1S/C19H21N5O5/c1-3-4-16-21-22-23-24(16)14-9-27-18-15(10-28-17(14)18)29-19(26)20-13-7-5-12(6-8-13)11(2)25/h3,5-8,14-15,17-18H,1,4,9-10H2,2H3,(H,20,26)/t14-,15-,17-,18+/m0/s1. The van der Waals surface area contributed by atoms with Crippen LogP contribution in [0.15, 0.2) is 36.9 Å². The number of fused-ring (bicyclic) bond motifs is 1. The van der Waals surface area contributed by atoms with Crippen LogP contribution in [0.1, 0.15) is 29.1 Å². The molecule has 2 aliphatic heterocycles. The highest BCUT2D eigenvalue weighted by Crippen LogP contribution is 2.35. The molecular formula is C19H21N5O5. The van der Waals surface area contributed by atoms with Gasteiger partial charge in [-0.1, -0.05) is 6.08 Å². The SMILES string of the molecule is C=CCc1nnnn1[C@H]1CO[C@H]2[C@H]1OC[C@@H]2OC(=O)Nc1ccc(C(C)=O)cc1. The summed E-state index contributed by atoms with van der Waals surface area (Å²) in [4.78, 5) is 23.6. The van der Waals surface area contributed by atoms with Crippen LogP contribution in [0.3, 0.4) is 0 Å². The zero-order valence-electron chi connectivity index (χ0n) is 15.9. The highest BCUT2D eigenvalue weighted by Gasteiger charge is 2.51. The van der Waals surface area contributed by atoms with E-state index in [4.69, 9.17) is 14.2 Å². The number of Topliss-reactive ketones (excluding diaryl/α,β-unsaturated/α-hetero) is 1. The van der Waals surface area contributed by atoms with Crippen LogP contribution in [0.2, 0.25) is 0 Å². The van der Waals surface area contributed by atoms with E-state index in [0.717, 1.165) is 0 Å². The van der Waals surface area contributed by atoms with Crippen LogP contribution in [-0.4, -0.2) is 63.6 Å². The fourth-order valence-electron chi connectivity index (χ4n) is 3.56. The van der Waals surface area contributed by atoms with Gasteiger partial charge < -0.3 is 14.2 Å². The monoisotopic (exact) mass is 399 g/mol. The number of anilines is 1. The summed E-state index contributed by atoms with van der Waals surface area (Å²) in [5, 5.41) is 14.4. The number of tetrazole rings is 1. The minimum absolute atomic E-state index is 0.0416. The van der Waals surface area contributed by atoms with Crippen molar-refractivity contribution >= 4 is 17.6 Å². The number of nitrogens with zero attached hydrogens (tertiary/aromatic N) is 4. The zero-order valence-corrected chi connectivity index (χ0v) is 15.9. The molecule has 0 spiro atoms. The Morgan fingerprint density at radius 3 is 2.76 bits per heavy atom. The van der Waals surface area contributed by atoms with Crippen molar-refractivity contribution in [1.82, 2.24) is 20.2 Å². The molecule has 152 valence electrons. The predicted molar refractivity (Wildman–Crippen MR) is 101 cm³/mol. The molecule has 2 saturated heterocycles. The number of allylic oxidation sites excluding steroid dienone is 1. The second-order valence-electron chi connectivity index (χ2n) is 6.90. The molecular weight excluding hydrogens is 378 g/mol. The topological polar surface area (TPSA) is 117 Å². The molecule has 3 heterocycles. The third-order valence-electron chi connectivity index (χ3n) is 4.98. The Hall–Kier alpha value is -3.11. The maximum Gasteiger partial charge on any atom is 0.412 e. The van der Waals surface area contributed by atoms with Crippen molar-refractivity contribution in [3.63, 3.8) is 0 Å². The van der Waals surface area contributed by atoms with Gasteiger partial charge in [-0.15, -0.1) is 11.7 Å². The largest absolute Gasteiger partial charge is 0.441 e. The first-order chi connectivity index (χ1) is 14.1. The van der Waals surface area contributed by atoms with Gasteiger partial charge in [0.2, 0.25) is 0 Å². The third kappa shape index (κ3) is 3.89. The number of carbonyl (C=O) groups is 2. The number of rotatable bonds is 6. The van der Waals surface area contributed by atoms with Gasteiger partial charge in [-0.25, -0.2) is 9.48 Å². The molecule has 2 aliphatic rings. The summed E-state index contributed by atoms with van der Waals surface area (Å²) < 4.78 is 18.9. The van der Waals surface area contributed by atoms with Crippen molar-refractivity contribution in [3.8, 4) is 0 Å². The third-order valence-corrected chi connectivity index (χ3v) is 4.98. The van der Waals surface area contributed by atoms with Gasteiger partial charge in [0.15, 0.2) is 17.7 Å². The summed E-state index contributed by atoms with van der Waals surface area (Å²) in [6.45, 7) is 5.78. The molecule has 0 saturated carbocycles. The molecule has 2 fully saturated rings. The predicted octanol–water partition coefficient (Wildman–Crippen LogP) is 1.56. The molecule has 0 aliphatic carbocycles. The summed E-state index contributed by atoms with van der Waals surface area (Å²) in [6.07, 6.45) is 0.398. The minimum Gasteiger partial charge on any atom is -0.441 e. The second-order valence-corrected chi connectivity index (χ2v) is 6.90. The van der Waals surface area contributed by atoms with E-state index < -0.39 is 18.3 Å². The lowest BCUT2D eigenvalue weighted by Crippen LogP contribution is -2.35. The summed E-state index contributed by atoms with van der Waals surface area (Å²) in [5.74, 6) is 0.633. The van der Waals surface area contributed by atoms with Gasteiger partial charge in [0.25, 0.3) is 0 Å². The molecule has 0 unspecified atom stereocenters. The van der Waals surface area contributed by atoms with E-state index in [-0.39, 0.29) is 24.5 Å². The Kier molecular flexibility index (Phi) is 5.36. The minimum atomic E-state index is -0.614. The van der Waals surface area contributed by atoms with E-state index in [0.29, 0.717) is 30.1 Å². The van der Waals surface area contributed by atoms with Gasteiger partial charge in [0, 0.05) is 17.7 Å². The molecule has 1 aromatic heterocycles. The maximum absolute atomic E-state index is 12.3. The second kappa shape index (κ2) is 8.10. The molecule has 10 nitrogen and oxygen atoms in total. The summed E-state index contributed by atoms with van der Waals surface area (Å²) in [6, 6.07) is 6.38. The molecule has 0 radical (unpaired) electrons. The molecule has 1 aromatic carbocycles. The lowest BCUT2D eigenvalue weighted by Gasteiger charge is -2.17. The van der Waals surface area contributed by atoms with Crippen molar-refractivity contribution < 1.29 is 23.8 Å². The van der Waals surface area contributed by atoms with Crippen LogP contribution in [0.5, 0.6) is 0 Å². The number of ketones is 1. The average Bonchev–Trinajstić information content (AvgIpc) is 3.40. The zero-order chi connectivity index (χ0) is 20.4. The Balaban J connectivity index is 1.36. The Labute approximate surface area is 166 Å². The number of hydrogen-bond donors (Lipinski definition) is 1. The Morgan fingerprint density at radius 1 is 1.28 bits per heavy atom. The Bertz CT molecular complexity index is 912. The van der Waals surface area contributed by atoms with E-state index in [1.54, 1.807) is 35.0 Å². The molecule has 1 amide bonds. The first-order valence-corrected chi connectivity index (χ1v) is 9.26. The van der Waals surface area contributed by atoms with Crippen molar-refractivity contribution in [2.75, 3.05) is 18.5 Å². The van der Waals surface area contributed by atoms with E-state index in [2.05, 4.69) is 27.4 Å². The number of hydrogen-bond acceptors (Lipinski definition) is 8. The molecule has 10 heteroatoms.